The first-order valence-electron chi connectivity index (χ1n) is 6.07. The highest BCUT2D eigenvalue weighted by atomic mass is 16.6. The third kappa shape index (κ3) is 3.35. The number of ether oxygens (including phenoxy) is 2. The summed E-state index contributed by atoms with van der Waals surface area (Å²) in [4.78, 5) is 11.9. The van der Waals surface area contributed by atoms with Crippen LogP contribution in [0, 0.1) is 6.92 Å². The number of rotatable bonds is 4. The number of benzene rings is 2. The van der Waals surface area contributed by atoms with Gasteiger partial charge in [0.2, 0.25) is 6.10 Å². The van der Waals surface area contributed by atoms with Crippen LogP contribution < -0.4 is 4.74 Å². The molecule has 2 aromatic rings. The number of esters is 1. The monoisotopic (exact) mass is 256 g/mol. The van der Waals surface area contributed by atoms with Crippen molar-refractivity contribution in [3.05, 3.63) is 65.7 Å². The molecule has 2 rings (SSSR count). The quantitative estimate of drug-likeness (QED) is 0.787. The van der Waals surface area contributed by atoms with E-state index in [4.69, 9.17) is 9.47 Å². The van der Waals surface area contributed by atoms with Crippen LogP contribution in [-0.4, -0.2) is 13.1 Å². The van der Waals surface area contributed by atoms with Crippen LogP contribution in [0.5, 0.6) is 5.75 Å². The van der Waals surface area contributed by atoms with Gasteiger partial charge in [0, 0.05) is 5.56 Å². The van der Waals surface area contributed by atoms with E-state index in [0.717, 1.165) is 11.1 Å². The normalized spacial score (nSPS) is 11.7. The van der Waals surface area contributed by atoms with E-state index in [1.54, 1.807) is 0 Å². The van der Waals surface area contributed by atoms with E-state index in [9.17, 15) is 4.79 Å². The lowest BCUT2D eigenvalue weighted by molar-refractivity contribution is -0.149. The van der Waals surface area contributed by atoms with Crippen LogP contribution in [0.3, 0.4) is 0 Å². The molecule has 2 aromatic carbocycles. The first-order valence-corrected chi connectivity index (χ1v) is 6.07. The van der Waals surface area contributed by atoms with Crippen molar-refractivity contribution in [1.82, 2.24) is 0 Å². The van der Waals surface area contributed by atoms with Crippen molar-refractivity contribution in [2.75, 3.05) is 7.11 Å². The van der Waals surface area contributed by atoms with E-state index >= 15 is 0 Å². The maximum atomic E-state index is 11.9. The van der Waals surface area contributed by atoms with Gasteiger partial charge in [-0.2, -0.15) is 0 Å². The summed E-state index contributed by atoms with van der Waals surface area (Å²) in [5.41, 5.74) is 1.91. The summed E-state index contributed by atoms with van der Waals surface area (Å²) in [6, 6.07) is 16.9. The predicted octanol–water partition coefficient (Wildman–Crippen LogP) is 3.29. The van der Waals surface area contributed by atoms with Crippen molar-refractivity contribution in [3.8, 4) is 5.75 Å². The highest BCUT2D eigenvalue weighted by Crippen LogP contribution is 2.23. The van der Waals surface area contributed by atoms with Crippen LogP contribution in [0.25, 0.3) is 0 Å². The van der Waals surface area contributed by atoms with E-state index in [-0.39, 0.29) is 0 Å². The fourth-order valence-corrected chi connectivity index (χ4v) is 1.74. The summed E-state index contributed by atoms with van der Waals surface area (Å²) in [7, 11) is 1.36. The van der Waals surface area contributed by atoms with Gasteiger partial charge in [-0.1, -0.05) is 48.0 Å². The molecule has 0 N–H and O–H groups in total. The lowest BCUT2D eigenvalue weighted by atomic mass is 10.1. The van der Waals surface area contributed by atoms with Crippen molar-refractivity contribution < 1.29 is 14.3 Å². The summed E-state index contributed by atoms with van der Waals surface area (Å²) in [6.07, 6.45) is -0.743. The molecule has 0 bridgehead atoms. The van der Waals surface area contributed by atoms with Crippen LogP contribution in [0.4, 0.5) is 0 Å². The van der Waals surface area contributed by atoms with Gasteiger partial charge >= 0.3 is 5.97 Å². The highest BCUT2D eigenvalue weighted by molar-refractivity contribution is 5.76. The highest BCUT2D eigenvalue weighted by Gasteiger charge is 2.23. The molecule has 0 saturated carbocycles. The number of aryl methyl sites for hydroxylation is 1. The van der Waals surface area contributed by atoms with Gasteiger partial charge in [-0.25, -0.2) is 4.79 Å². The zero-order chi connectivity index (χ0) is 13.7. The molecule has 0 aliphatic carbocycles. The second kappa shape index (κ2) is 6.05. The average molecular weight is 256 g/mol. The number of hydrogen-bond acceptors (Lipinski definition) is 3. The van der Waals surface area contributed by atoms with Crippen molar-refractivity contribution >= 4 is 5.97 Å². The molecule has 1 unspecified atom stereocenters. The second-order valence-electron chi connectivity index (χ2n) is 4.24. The molecular formula is C16H16O3. The number of methoxy groups -OCH3 is 1. The average Bonchev–Trinajstić information content (AvgIpc) is 2.46. The summed E-state index contributed by atoms with van der Waals surface area (Å²) in [6.45, 7) is 2.00. The fourth-order valence-electron chi connectivity index (χ4n) is 1.74. The summed E-state index contributed by atoms with van der Waals surface area (Å²) in [5.74, 6) is 0.228. The minimum atomic E-state index is -0.743. The fraction of sp³-hybridized carbons (Fsp3) is 0.188. The zero-order valence-corrected chi connectivity index (χ0v) is 11.0. The van der Waals surface area contributed by atoms with Crippen molar-refractivity contribution in [2.24, 2.45) is 0 Å². The molecule has 98 valence electrons. The second-order valence-corrected chi connectivity index (χ2v) is 4.24. The molecule has 3 heteroatoms. The van der Waals surface area contributed by atoms with Gasteiger partial charge in [-0.15, -0.1) is 0 Å². The minimum absolute atomic E-state index is 0.410. The van der Waals surface area contributed by atoms with Crippen LogP contribution in [0.15, 0.2) is 54.6 Å². The molecule has 0 spiro atoms. The Kier molecular flexibility index (Phi) is 4.18. The molecule has 19 heavy (non-hydrogen) atoms. The van der Waals surface area contributed by atoms with Gasteiger partial charge in [-0.05, 0) is 19.1 Å². The molecule has 0 saturated heterocycles. The minimum Gasteiger partial charge on any atom is -0.474 e. The van der Waals surface area contributed by atoms with Crippen molar-refractivity contribution in [1.29, 1.82) is 0 Å². The van der Waals surface area contributed by atoms with Crippen LogP contribution in [-0.2, 0) is 9.53 Å². The Morgan fingerprint density at radius 1 is 1.00 bits per heavy atom. The van der Waals surface area contributed by atoms with E-state index in [0.29, 0.717) is 5.75 Å². The summed E-state index contributed by atoms with van der Waals surface area (Å²) < 4.78 is 10.5. The lowest BCUT2D eigenvalue weighted by Gasteiger charge is -2.17. The topological polar surface area (TPSA) is 35.5 Å². The van der Waals surface area contributed by atoms with Crippen LogP contribution in [0.1, 0.15) is 17.2 Å². The lowest BCUT2D eigenvalue weighted by Crippen LogP contribution is -2.20. The van der Waals surface area contributed by atoms with Gasteiger partial charge in [0.25, 0.3) is 0 Å². The molecule has 0 aliphatic heterocycles. The first-order chi connectivity index (χ1) is 9.20. The van der Waals surface area contributed by atoms with Crippen LogP contribution >= 0.6 is 0 Å². The molecule has 0 amide bonds. The maximum Gasteiger partial charge on any atom is 0.351 e. The Bertz CT molecular complexity index is 532. The van der Waals surface area contributed by atoms with Gasteiger partial charge in [0.15, 0.2) is 0 Å². The van der Waals surface area contributed by atoms with E-state index in [1.807, 2.05) is 61.5 Å². The van der Waals surface area contributed by atoms with Crippen LogP contribution in [0.2, 0.25) is 0 Å². The Hall–Kier alpha value is -2.29. The Labute approximate surface area is 112 Å². The number of para-hydroxylation sites is 1. The van der Waals surface area contributed by atoms with Crippen molar-refractivity contribution in [3.63, 3.8) is 0 Å². The zero-order valence-electron chi connectivity index (χ0n) is 11.0. The third-order valence-corrected chi connectivity index (χ3v) is 2.79. The molecule has 1 atom stereocenters. The number of hydrogen-bond donors (Lipinski definition) is 0. The van der Waals surface area contributed by atoms with Crippen molar-refractivity contribution in [2.45, 2.75) is 13.0 Å². The first kappa shape index (κ1) is 13.1. The van der Waals surface area contributed by atoms with E-state index < -0.39 is 12.1 Å². The number of carbonyl (C=O) groups excluding carboxylic acids is 1. The SMILES string of the molecule is COC(=O)C(Oc1ccccc1)c1ccc(C)cc1. The molecule has 3 nitrogen and oxygen atoms in total. The Morgan fingerprint density at radius 3 is 2.21 bits per heavy atom. The molecule has 0 heterocycles. The van der Waals surface area contributed by atoms with Gasteiger partial charge < -0.3 is 9.47 Å². The van der Waals surface area contributed by atoms with Gasteiger partial charge in [0.05, 0.1) is 7.11 Å². The molecule has 0 aliphatic rings. The molecule has 0 aromatic heterocycles. The smallest absolute Gasteiger partial charge is 0.351 e. The Morgan fingerprint density at radius 2 is 1.63 bits per heavy atom. The Balaban J connectivity index is 2.26. The maximum absolute atomic E-state index is 11.9. The van der Waals surface area contributed by atoms with E-state index in [1.165, 1.54) is 7.11 Å². The third-order valence-electron chi connectivity index (χ3n) is 2.79. The van der Waals surface area contributed by atoms with Gasteiger partial charge in [-0.3, -0.25) is 0 Å². The summed E-state index contributed by atoms with van der Waals surface area (Å²) in [5, 5.41) is 0. The summed E-state index contributed by atoms with van der Waals surface area (Å²) >= 11 is 0. The molecule has 0 radical (unpaired) electrons. The molecular weight excluding hydrogens is 240 g/mol. The largest absolute Gasteiger partial charge is 0.474 e. The van der Waals surface area contributed by atoms with E-state index in [2.05, 4.69) is 0 Å². The van der Waals surface area contributed by atoms with Gasteiger partial charge in [0.1, 0.15) is 5.75 Å². The number of carbonyl (C=O) groups is 1. The molecule has 0 fully saturated rings. The predicted molar refractivity (Wildman–Crippen MR) is 73.0 cm³/mol. The standard InChI is InChI=1S/C16H16O3/c1-12-8-10-13(11-9-12)15(16(17)18-2)19-14-6-4-3-5-7-14/h3-11,15H,1-2H3.